The largest absolute Gasteiger partial charge is 0.472 e. The van der Waals surface area contributed by atoms with Crippen LogP contribution < -0.4 is 0 Å². The van der Waals surface area contributed by atoms with Gasteiger partial charge in [-0.2, -0.15) is 0 Å². The van der Waals surface area contributed by atoms with E-state index in [-0.39, 0.29) is 25.7 Å². The maximum absolute atomic E-state index is 13.1. The number of carbonyl (C=O) groups is 4. The second-order valence-electron chi connectivity index (χ2n) is 29.3. The van der Waals surface area contributed by atoms with Crippen LogP contribution in [-0.2, 0) is 65.4 Å². The first-order valence-corrected chi connectivity index (χ1v) is 43.3. The van der Waals surface area contributed by atoms with E-state index in [4.69, 9.17) is 37.0 Å². The third kappa shape index (κ3) is 68.3. The number of hydrogen-bond donors (Lipinski definition) is 3. The van der Waals surface area contributed by atoms with Crippen molar-refractivity contribution in [2.75, 3.05) is 39.6 Å². The van der Waals surface area contributed by atoms with Crippen molar-refractivity contribution in [2.24, 2.45) is 23.7 Å². The Hall–Kier alpha value is -1.94. The van der Waals surface area contributed by atoms with Gasteiger partial charge in [0.05, 0.1) is 26.4 Å². The van der Waals surface area contributed by atoms with Gasteiger partial charge in [0.25, 0.3) is 0 Å². The molecule has 0 rings (SSSR count). The van der Waals surface area contributed by atoms with Gasteiger partial charge >= 0.3 is 39.5 Å². The number of phosphoric ester groups is 2. The lowest BCUT2D eigenvalue weighted by Crippen LogP contribution is -2.30. The number of carbonyl (C=O) groups excluding carboxylic acids is 4. The van der Waals surface area contributed by atoms with Crippen LogP contribution >= 0.6 is 15.6 Å². The van der Waals surface area contributed by atoms with Crippen LogP contribution in [0.4, 0.5) is 0 Å². The topological polar surface area (TPSA) is 237 Å². The molecule has 0 aromatic carbocycles. The summed E-state index contributed by atoms with van der Waals surface area (Å²) in [7, 11) is -9.92. The molecule has 0 aliphatic carbocycles. The van der Waals surface area contributed by atoms with E-state index in [0.717, 1.165) is 120 Å². The van der Waals surface area contributed by atoms with Crippen molar-refractivity contribution < 1.29 is 80.2 Å². The van der Waals surface area contributed by atoms with Gasteiger partial charge in [0.2, 0.25) is 0 Å². The molecule has 5 unspecified atom stereocenters. The molecule has 0 aromatic heterocycles. The summed E-state index contributed by atoms with van der Waals surface area (Å²) in [5.74, 6) is 1.01. The van der Waals surface area contributed by atoms with E-state index in [1.807, 2.05) is 0 Å². The molecule has 0 heterocycles. The minimum atomic E-state index is -4.96. The Morgan fingerprint density at radius 2 is 0.495 bits per heavy atom. The number of aliphatic hydroxyl groups is 1. The Labute approximate surface area is 594 Å². The van der Waals surface area contributed by atoms with E-state index >= 15 is 0 Å². The van der Waals surface area contributed by atoms with Gasteiger partial charge in [-0.15, -0.1) is 0 Å². The second-order valence-corrected chi connectivity index (χ2v) is 32.2. The first-order valence-electron chi connectivity index (χ1n) is 40.3. The fourth-order valence-electron chi connectivity index (χ4n) is 11.8. The summed E-state index contributed by atoms with van der Waals surface area (Å²) in [6.07, 6.45) is 52.8. The van der Waals surface area contributed by atoms with Crippen LogP contribution in [0, 0.1) is 23.7 Å². The van der Waals surface area contributed by atoms with Gasteiger partial charge in [-0.25, -0.2) is 9.13 Å². The lowest BCUT2D eigenvalue weighted by molar-refractivity contribution is -0.161. The van der Waals surface area contributed by atoms with Crippen molar-refractivity contribution in [2.45, 2.75) is 414 Å². The normalized spacial score (nSPS) is 14.9. The van der Waals surface area contributed by atoms with E-state index in [2.05, 4.69) is 55.4 Å². The lowest BCUT2D eigenvalue weighted by atomic mass is 9.99. The van der Waals surface area contributed by atoms with Gasteiger partial charge in [0, 0.05) is 25.7 Å². The first-order chi connectivity index (χ1) is 46.7. The van der Waals surface area contributed by atoms with Crippen molar-refractivity contribution in [3.8, 4) is 0 Å². The zero-order valence-electron chi connectivity index (χ0n) is 63.7. The third-order valence-corrected chi connectivity index (χ3v) is 21.1. The quantitative estimate of drug-likeness (QED) is 0.0222. The molecule has 0 radical (unpaired) electrons. The van der Waals surface area contributed by atoms with Crippen molar-refractivity contribution in [3.05, 3.63) is 0 Å². The maximum atomic E-state index is 13.1. The summed E-state index contributed by atoms with van der Waals surface area (Å²) in [5.41, 5.74) is 0. The molecule has 0 amide bonds. The lowest BCUT2D eigenvalue weighted by Gasteiger charge is -2.21. The van der Waals surface area contributed by atoms with E-state index in [0.29, 0.717) is 25.7 Å². The number of ether oxygens (including phenoxy) is 4. The number of rotatable bonds is 75. The summed E-state index contributed by atoms with van der Waals surface area (Å²) in [4.78, 5) is 72.8. The number of hydrogen-bond acceptors (Lipinski definition) is 15. The zero-order valence-corrected chi connectivity index (χ0v) is 65.5. The SMILES string of the molecule is CCC(C)CCCCCCCCCCCCCCCCCCCCC(=O)O[C@H](COC(=O)CCCCCCCCCCCCC(C)C)COP(=O)(O)OC[C@@H](O)COP(=O)(O)OC[C@@H](COC(=O)CCCCCCCCC(C)CC)OC(=O)CCCCCCCCCCC(C)CC. The highest BCUT2D eigenvalue weighted by Gasteiger charge is 2.30. The Balaban J connectivity index is 5.21. The van der Waals surface area contributed by atoms with Crippen molar-refractivity contribution in [3.63, 3.8) is 0 Å². The third-order valence-electron chi connectivity index (χ3n) is 19.2. The molecule has 576 valence electrons. The van der Waals surface area contributed by atoms with Crippen LogP contribution in [0.15, 0.2) is 0 Å². The summed E-state index contributed by atoms with van der Waals surface area (Å²) < 4.78 is 68.6. The maximum Gasteiger partial charge on any atom is 0.472 e. The van der Waals surface area contributed by atoms with Crippen LogP contribution in [0.2, 0.25) is 0 Å². The molecular weight excluding hydrogens is 1270 g/mol. The summed E-state index contributed by atoms with van der Waals surface area (Å²) in [6, 6.07) is 0. The van der Waals surface area contributed by atoms with Crippen LogP contribution in [0.5, 0.6) is 0 Å². The molecule has 0 saturated heterocycles. The van der Waals surface area contributed by atoms with Crippen molar-refractivity contribution in [1.29, 1.82) is 0 Å². The number of esters is 4. The second kappa shape index (κ2) is 67.2. The van der Waals surface area contributed by atoms with Crippen LogP contribution in [0.3, 0.4) is 0 Å². The molecule has 0 fully saturated rings. The summed E-state index contributed by atoms with van der Waals surface area (Å²) in [5, 5.41) is 10.6. The minimum absolute atomic E-state index is 0.104. The van der Waals surface area contributed by atoms with Crippen LogP contribution in [-0.4, -0.2) is 96.7 Å². The molecule has 8 atom stereocenters. The highest BCUT2D eigenvalue weighted by Crippen LogP contribution is 2.45. The molecule has 19 heteroatoms. The molecule has 0 aliphatic heterocycles. The first kappa shape index (κ1) is 95.1. The molecule has 0 saturated carbocycles. The molecule has 17 nitrogen and oxygen atoms in total. The molecular formula is C78H152O17P2. The predicted octanol–water partition coefficient (Wildman–Crippen LogP) is 22.8. The molecule has 3 N–H and O–H groups in total. The fourth-order valence-corrected chi connectivity index (χ4v) is 13.4. The Kier molecular flexibility index (Phi) is 65.9. The van der Waals surface area contributed by atoms with Crippen molar-refractivity contribution >= 4 is 39.5 Å². The summed E-state index contributed by atoms with van der Waals surface area (Å²) >= 11 is 0. The van der Waals surface area contributed by atoms with Crippen LogP contribution in [0.1, 0.15) is 396 Å². The Morgan fingerprint density at radius 3 is 0.732 bits per heavy atom. The number of phosphoric acid groups is 2. The number of aliphatic hydroxyl groups excluding tert-OH is 1. The predicted molar refractivity (Wildman–Crippen MR) is 395 cm³/mol. The van der Waals surface area contributed by atoms with Gasteiger partial charge in [-0.05, 0) is 49.4 Å². The van der Waals surface area contributed by atoms with Crippen molar-refractivity contribution in [1.82, 2.24) is 0 Å². The highest BCUT2D eigenvalue weighted by molar-refractivity contribution is 7.47. The van der Waals surface area contributed by atoms with E-state index in [1.165, 1.54) is 193 Å². The van der Waals surface area contributed by atoms with E-state index in [1.54, 1.807) is 0 Å². The zero-order chi connectivity index (χ0) is 71.7. The van der Waals surface area contributed by atoms with Gasteiger partial charge in [0.1, 0.15) is 19.3 Å². The monoisotopic (exact) mass is 1420 g/mol. The standard InChI is InChI=1S/C78H152O17P2/c1-9-69(6)55-47-39-31-25-20-18-16-14-12-13-15-17-19-21-27-34-44-52-60-77(82)94-73(64-88-75(80)58-50-42-33-26-23-22-24-30-38-46-54-68(4)5)66-92-96(84,85)90-62-72(79)63-91-97(86,87)93-67-74(65-89-76(81)59-51-43-37-36-41-49-57-71(8)11-3)95-78(83)61-53-45-35-29-28-32-40-48-56-70(7)10-2/h68-74,79H,9-67H2,1-8H3,(H,84,85)(H,86,87)/t69?,70?,71?,72-,73-,74-/m1/s1. The summed E-state index contributed by atoms with van der Waals surface area (Å²) in [6.45, 7) is 14.2. The molecule has 0 bridgehead atoms. The smallest absolute Gasteiger partial charge is 0.462 e. The van der Waals surface area contributed by atoms with Gasteiger partial charge in [-0.3, -0.25) is 37.3 Å². The Morgan fingerprint density at radius 1 is 0.289 bits per heavy atom. The number of unbranched alkanes of at least 4 members (excludes halogenated alkanes) is 38. The Bertz CT molecular complexity index is 1910. The molecule has 0 spiro atoms. The van der Waals surface area contributed by atoms with Gasteiger partial charge in [0.15, 0.2) is 12.2 Å². The van der Waals surface area contributed by atoms with Gasteiger partial charge in [-0.1, -0.05) is 344 Å². The molecule has 0 aromatic rings. The fraction of sp³-hybridized carbons (Fsp3) is 0.949. The molecule has 0 aliphatic rings. The van der Waals surface area contributed by atoms with Crippen LogP contribution in [0.25, 0.3) is 0 Å². The average molecular weight is 1420 g/mol. The van der Waals surface area contributed by atoms with E-state index in [9.17, 15) is 43.2 Å². The minimum Gasteiger partial charge on any atom is -0.462 e. The van der Waals surface area contributed by atoms with Gasteiger partial charge < -0.3 is 33.8 Å². The highest BCUT2D eigenvalue weighted by atomic mass is 31.2. The molecule has 97 heavy (non-hydrogen) atoms. The average Bonchev–Trinajstić information content (AvgIpc) is 1.06. The van der Waals surface area contributed by atoms with E-state index < -0.39 is 97.5 Å².